The first-order valence-corrected chi connectivity index (χ1v) is 8.37. The highest BCUT2D eigenvalue weighted by Gasteiger charge is 2.23. The Morgan fingerprint density at radius 2 is 1.90 bits per heavy atom. The van der Waals surface area contributed by atoms with Crippen LogP contribution in [0, 0.1) is 6.92 Å². The molecule has 0 radical (unpaired) electrons. The number of carbonyl (C=O) groups excluding carboxylic acids is 1. The molecule has 1 rings (SSSR count). The van der Waals surface area contributed by atoms with E-state index in [0.29, 0.717) is 4.88 Å². The molecule has 0 saturated heterocycles. The molecule has 0 aliphatic carbocycles. The van der Waals surface area contributed by atoms with Crippen molar-refractivity contribution in [1.82, 2.24) is 10.0 Å². The average molecular weight is 334 g/mol. The molecule has 0 fully saturated rings. The minimum absolute atomic E-state index is 0.0629. The van der Waals surface area contributed by atoms with E-state index in [1.807, 2.05) is 0 Å². The highest BCUT2D eigenvalue weighted by atomic mass is 32.2. The molecular formula is C12H18N2O5S2. The van der Waals surface area contributed by atoms with Gasteiger partial charge in [0.15, 0.2) is 0 Å². The molecule has 1 aromatic heterocycles. The molecule has 0 atom stereocenters. The number of carbonyl (C=O) groups is 2. The van der Waals surface area contributed by atoms with Crippen LogP contribution in [0.15, 0.2) is 11.0 Å². The van der Waals surface area contributed by atoms with Crippen molar-refractivity contribution < 1.29 is 23.1 Å². The van der Waals surface area contributed by atoms with Crippen LogP contribution in [0.25, 0.3) is 0 Å². The van der Waals surface area contributed by atoms with Gasteiger partial charge >= 0.3 is 5.97 Å². The standard InChI is InChI=1S/C12H18N2O5S2/c1-7-9(5-8(20-7)11(16)17)21(18,19)13-6-10(15)14-12(2,3)4/h5,13H,6H2,1-4H3,(H,14,15)(H,16,17). The van der Waals surface area contributed by atoms with Gasteiger partial charge in [-0.3, -0.25) is 4.79 Å². The van der Waals surface area contributed by atoms with Crippen LogP contribution in [0.4, 0.5) is 0 Å². The molecule has 1 amide bonds. The molecule has 1 aromatic rings. The van der Waals surface area contributed by atoms with Gasteiger partial charge in [-0.05, 0) is 33.8 Å². The molecule has 0 aliphatic rings. The Labute approximate surface area is 127 Å². The Bertz CT molecular complexity index is 656. The third-order valence-electron chi connectivity index (χ3n) is 2.31. The summed E-state index contributed by atoms with van der Waals surface area (Å²) in [6.07, 6.45) is 0. The molecule has 21 heavy (non-hydrogen) atoms. The molecule has 3 N–H and O–H groups in total. The maximum atomic E-state index is 12.1. The average Bonchev–Trinajstić information content (AvgIpc) is 2.67. The minimum Gasteiger partial charge on any atom is -0.477 e. The van der Waals surface area contributed by atoms with Crippen molar-refractivity contribution in [2.24, 2.45) is 0 Å². The van der Waals surface area contributed by atoms with Gasteiger partial charge in [-0.25, -0.2) is 17.9 Å². The fourth-order valence-electron chi connectivity index (χ4n) is 1.54. The van der Waals surface area contributed by atoms with Crippen LogP contribution < -0.4 is 10.0 Å². The predicted octanol–water partition coefficient (Wildman–Crippen LogP) is 0.948. The number of thiophene rings is 1. The zero-order valence-corrected chi connectivity index (χ0v) is 13.8. The molecule has 0 bridgehead atoms. The summed E-state index contributed by atoms with van der Waals surface area (Å²) in [7, 11) is -3.92. The second-order valence-corrected chi connectivity index (χ2v) is 8.45. The topological polar surface area (TPSA) is 113 Å². The third-order valence-corrected chi connectivity index (χ3v) is 5.00. The van der Waals surface area contributed by atoms with Crippen LogP contribution in [-0.4, -0.2) is 37.5 Å². The zero-order chi connectivity index (χ0) is 16.4. The van der Waals surface area contributed by atoms with Crippen molar-refractivity contribution in [3.63, 3.8) is 0 Å². The van der Waals surface area contributed by atoms with Gasteiger partial charge in [0, 0.05) is 10.4 Å². The van der Waals surface area contributed by atoms with E-state index in [1.54, 1.807) is 20.8 Å². The number of carboxylic acid groups (broad SMARTS) is 1. The van der Waals surface area contributed by atoms with Crippen molar-refractivity contribution in [1.29, 1.82) is 0 Å². The van der Waals surface area contributed by atoms with Crippen LogP contribution in [0.2, 0.25) is 0 Å². The Hall–Kier alpha value is -1.45. The summed E-state index contributed by atoms with van der Waals surface area (Å²) in [5.41, 5.74) is -0.461. The lowest BCUT2D eigenvalue weighted by atomic mass is 10.1. The second kappa shape index (κ2) is 6.12. The Balaban J connectivity index is 2.83. The number of sulfonamides is 1. The summed E-state index contributed by atoms with van der Waals surface area (Å²) in [6.45, 7) is 6.45. The minimum atomic E-state index is -3.92. The maximum absolute atomic E-state index is 12.1. The molecule has 118 valence electrons. The second-order valence-electron chi connectivity index (χ2n) is 5.46. The lowest BCUT2D eigenvalue weighted by molar-refractivity contribution is -0.121. The first-order chi connectivity index (χ1) is 9.42. The van der Waals surface area contributed by atoms with Gasteiger partial charge in [0.1, 0.15) is 4.88 Å². The zero-order valence-electron chi connectivity index (χ0n) is 12.2. The van der Waals surface area contributed by atoms with Gasteiger partial charge in [-0.15, -0.1) is 11.3 Å². The third kappa shape index (κ3) is 5.10. The summed E-state index contributed by atoms with van der Waals surface area (Å²) < 4.78 is 26.3. The maximum Gasteiger partial charge on any atom is 0.345 e. The van der Waals surface area contributed by atoms with Gasteiger partial charge < -0.3 is 10.4 Å². The molecule has 0 unspecified atom stereocenters. The normalized spacial score (nSPS) is 12.2. The molecule has 0 spiro atoms. The van der Waals surface area contributed by atoms with Crippen LogP contribution in [0.3, 0.4) is 0 Å². The van der Waals surface area contributed by atoms with Crippen LogP contribution in [-0.2, 0) is 14.8 Å². The van der Waals surface area contributed by atoms with Gasteiger partial charge in [0.25, 0.3) is 0 Å². The van der Waals surface area contributed by atoms with E-state index in [1.165, 1.54) is 6.92 Å². The van der Waals surface area contributed by atoms with Crippen molar-refractivity contribution >= 4 is 33.2 Å². The summed E-state index contributed by atoms with van der Waals surface area (Å²) in [6, 6.07) is 1.09. The predicted molar refractivity (Wildman–Crippen MR) is 79.1 cm³/mol. The first kappa shape index (κ1) is 17.6. The van der Waals surface area contributed by atoms with E-state index in [-0.39, 0.29) is 9.77 Å². The highest BCUT2D eigenvalue weighted by Crippen LogP contribution is 2.25. The fraction of sp³-hybridized carbons (Fsp3) is 0.500. The van der Waals surface area contributed by atoms with E-state index < -0.39 is 34.0 Å². The Morgan fingerprint density at radius 1 is 1.33 bits per heavy atom. The van der Waals surface area contributed by atoms with E-state index in [9.17, 15) is 18.0 Å². The van der Waals surface area contributed by atoms with Crippen molar-refractivity contribution in [3.8, 4) is 0 Å². The van der Waals surface area contributed by atoms with Crippen LogP contribution >= 0.6 is 11.3 Å². The highest BCUT2D eigenvalue weighted by molar-refractivity contribution is 7.89. The number of rotatable bonds is 5. The Kier molecular flexibility index (Phi) is 5.13. The Morgan fingerprint density at radius 3 is 2.33 bits per heavy atom. The van der Waals surface area contributed by atoms with E-state index in [0.717, 1.165) is 17.4 Å². The largest absolute Gasteiger partial charge is 0.477 e. The van der Waals surface area contributed by atoms with Gasteiger partial charge in [-0.1, -0.05) is 0 Å². The van der Waals surface area contributed by atoms with E-state index >= 15 is 0 Å². The lowest BCUT2D eigenvalue weighted by Gasteiger charge is -2.20. The summed E-state index contributed by atoms with van der Waals surface area (Å²) in [5.74, 6) is -1.65. The van der Waals surface area contributed by atoms with Gasteiger partial charge in [0.05, 0.1) is 11.4 Å². The molecule has 1 heterocycles. The monoisotopic (exact) mass is 334 g/mol. The van der Waals surface area contributed by atoms with Crippen molar-refractivity contribution in [2.45, 2.75) is 38.1 Å². The number of amides is 1. The molecule has 0 saturated carbocycles. The van der Waals surface area contributed by atoms with E-state index in [2.05, 4.69) is 10.0 Å². The smallest absolute Gasteiger partial charge is 0.345 e. The summed E-state index contributed by atoms with van der Waals surface area (Å²) in [4.78, 5) is 22.6. The van der Waals surface area contributed by atoms with E-state index in [4.69, 9.17) is 5.11 Å². The molecule has 9 heteroatoms. The van der Waals surface area contributed by atoms with Crippen molar-refractivity contribution in [2.75, 3.05) is 6.54 Å². The number of hydrogen-bond acceptors (Lipinski definition) is 5. The fourth-order valence-corrected chi connectivity index (χ4v) is 3.95. The molecule has 0 aliphatic heterocycles. The number of aryl methyl sites for hydroxylation is 1. The SMILES string of the molecule is Cc1sc(C(=O)O)cc1S(=O)(=O)NCC(=O)NC(C)(C)C. The van der Waals surface area contributed by atoms with Crippen molar-refractivity contribution in [3.05, 3.63) is 15.8 Å². The summed E-state index contributed by atoms with van der Waals surface area (Å²) in [5, 5.41) is 11.5. The summed E-state index contributed by atoms with van der Waals surface area (Å²) >= 11 is 0.874. The van der Waals surface area contributed by atoms with Gasteiger partial charge in [-0.2, -0.15) is 0 Å². The first-order valence-electron chi connectivity index (χ1n) is 6.07. The molecule has 0 aromatic carbocycles. The van der Waals surface area contributed by atoms with Crippen LogP contribution in [0.5, 0.6) is 0 Å². The number of carboxylic acids is 1. The number of nitrogens with one attached hydrogen (secondary N) is 2. The van der Waals surface area contributed by atoms with Gasteiger partial charge in [0.2, 0.25) is 15.9 Å². The number of hydrogen-bond donors (Lipinski definition) is 3. The molecular weight excluding hydrogens is 316 g/mol. The molecule has 7 nitrogen and oxygen atoms in total. The lowest BCUT2D eigenvalue weighted by Crippen LogP contribution is -2.45. The quantitative estimate of drug-likeness (QED) is 0.742. The number of aromatic carboxylic acids is 1. The van der Waals surface area contributed by atoms with Crippen LogP contribution in [0.1, 0.15) is 35.3 Å².